The minimum Gasteiger partial charge on any atom is -0.494 e. The lowest BCUT2D eigenvalue weighted by Crippen LogP contribution is -2.04. The summed E-state index contributed by atoms with van der Waals surface area (Å²) in [5.74, 6) is 1.58. The van der Waals surface area contributed by atoms with Crippen LogP contribution in [0.4, 0.5) is 0 Å². The quantitative estimate of drug-likeness (QED) is 0.676. The average molecular weight is 248 g/mol. The van der Waals surface area contributed by atoms with Gasteiger partial charge in [0, 0.05) is 0 Å². The van der Waals surface area contributed by atoms with E-state index in [0.29, 0.717) is 18.1 Å². The van der Waals surface area contributed by atoms with Crippen molar-refractivity contribution < 1.29 is 9.47 Å². The number of hydrogen-bond acceptors (Lipinski definition) is 2. The predicted octanol–water partition coefficient (Wildman–Crippen LogP) is 4.15. The van der Waals surface area contributed by atoms with Crippen LogP contribution in [0.5, 0.6) is 5.75 Å². The molecule has 18 heavy (non-hydrogen) atoms. The van der Waals surface area contributed by atoms with E-state index in [-0.39, 0.29) is 0 Å². The van der Waals surface area contributed by atoms with Crippen molar-refractivity contribution in [2.24, 2.45) is 0 Å². The highest BCUT2D eigenvalue weighted by molar-refractivity contribution is 5.29. The van der Waals surface area contributed by atoms with Gasteiger partial charge < -0.3 is 9.47 Å². The first kappa shape index (κ1) is 13.4. The van der Waals surface area contributed by atoms with Crippen molar-refractivity contribution in [2.75, 3.05) is 6.61 Å². The minimum atomic E-state index is 0.492. The monoisotopic (exact) mass is 248 g/mol. The van der Waals surface area contributed by atoms with Crippen LogP contribution in [-0.4, -0.2) is 18.8 Å². The summed E-state index contributed by atoms with van der Waals surface area (Å²) in [4.78, 5) is 0. The van der Waals surface area contributed by atoms with Gasteiger partial charge in [-0.3, -0.25) is 0 Å². The Balaban J connectivity index is 1.94. The molecule has 3 atom stereocenters. The van der Waals surface area contributed by atoms with Gasteiger partial charge in [-0.1, -0.05) is 26.0 Å². The molecule has 1 aliphatic heterocycles. The van der Waals surface area contributed by atoms with Crippen molar-refractivity contribution in [2.45, 2.75) is 58.2 Å². The highest BCUT2D eigenvalue weighted by atomic mass is 16.6. The maximum Gasteiger partial charge on any atom is 0.119 e. The predicted molar refractivity (Wildman–Crippen MR) is 74.2 cm³/mol. The largest absolute Gasteiger partial charge is 0.494 e. The van der Waals surface area contributed by atoms with E-state index in [4.69, 9.17) is 9.47 Å². The molecule has 2 rings (SSSR count). The van der Waals surface area contributed by atoms with E-state index >= 15 is 0 Å². The van der Waals surface area contributed by atoms with Crippen LogP contribution in [0.3, 0.4) is 0 Å². The van der Waals surface area contributed by atoms with Crippen molar-refractivity contribution >= 4 is 0 Å². The first-order chi connectivity index (χ1) is 8.78. The first-order valence-corrected chi connectivity index (χ1v) is 7.16. The molecule has 0 amide bonds. The fraction of sp³-hybridized carbons (Fsp3) is 0.625. The molecule has 0 N–H and O–H groups in total. The third kappa shape index (κ3) is 3.26. The summed E-state index contributed by atoms with van der Waals surface area (Å²) >= 11 is 0. The van der Waals surface area contributed by atoms with Gasteiger partial charge in [0.05, 0.1) is 18.8 Å². The molecular weight excluding hydrogens is 224 g/mol. The van der Waals surface area contributed by atoms with Crippen molar-refractivity contribution in [3.05, 3.63) is 29.8 Å². The second-order valence-electron chi connectivity index (χ2n) is 4.96. The van der Waals surface area contributed by atoms with Crippen LogP contribution in [0.2, 0.25) is 0 Å². The Morgan fingerprint density at radius 2 is 1.83 bits per heavy atom. The van der Waals surface area contributed by atoms with Crippen LogP contribution in [0, 0.1) is 0 Å². The van der Waals surface area contributed by atoms with E-state index < -0.39 is 0 Å². The first-order valence-electron chi connectivity index (χ1n) is 7.16. The second kappa shape index (κ2) is 6.24. The zero-order chi connectivity index (χ0) is 13.0. The molecule has 2 heteroatoms. The van der Waals surface area contributed by atoms with Crippen LogP contribution in [0.15, 0.2) is 24.3 Å². The molecule has 100 valence electrons. The number of ether oxygens (including phenoxy) is 2. The summed E-state index contributed by atoms with van der Waals surface area (Å²) in [5, 5.41) is 0. The van der Waals surface area contributed by atoms with Gasteiger partial charge in [0.15, 0.2) is 0 Å². The molecule has 1 heterocycles. The second-order valence-corrected chi connectivity index (χ2v) is 4.96. The fourth-order valence-corrected chi connectivity index (χ4v) is 2.57. The topological polar surface area (TPSA) is 21.8 Å². The molecule has 2 nitrogen and oxygen atoms in total. The smallest absolute Gasteiger partial charge is 0.119 e. The molecule has 0 aromatic heterocycles. The van der Waals surface area contributed by atoms with Crippen LogP contribution >= 0.6 is 0 Å². The summed E-state index contributed by atoms with van der Waals surface area (Å²) in [7, 11) is 0. The lowest BCUT2D eigenvalue weighted by Gasteiger charge is -2.14. The molecule has 1 aromatic carbocycles. The number of benzene rings is 1. The van der Waals surface area contributed by atoms with Gasteiger partial charge in [0.1, 0.15) is 5.75 Å². The van der Waals surface area contributed by atoms with Gasteiger partial charge in [0.25, 0.3) is 0 Å². The average Bonchev–Trinajstić information content (AvgIpc) is 3.16. The molecular formula is C16H24O2. The van der Waals surface area contributed by atoms with Gasteiger partial charge in [-0.15, -0.1) is 0 Å². The lowest BCUT2D eigenvalue weighted by molar-refractivity contribution is 0.339. The van der Waals surface area contributed by atoms with Crippen molar-refractivity contribution in [3.8, 4) is 5.75 Å². The summed E-state index contributed by atoms with van der Waals surface area (Å²) in [6, 6.07) is 8.55. The highest BCUT2D eigenvalue weighted by Crippen LogP contribution is 2.36. The van der Waals surface area contributed by atoms with Gasteiger partial charge in [-0.05, 0) is 49.8 Å². The normalized spacial score (nSPS) is 23.7. The molecule has 1 fully saturated rings. The van der Waals surface area contributed by atoms with Gasteiger partial charge in [0.2, 0.25) is 0 Å². The van der Waals surface area contributed by atoms with Crippen molar-refractivity contribution in [3.63, 3.8) is 0 Å². The van der Waals surface area contributed by atoms with Gasteiger partial charge >= 0.3 is 0 Å². The molecule has 0 bridgehead atoms. The van der Waals surface area contributed by atoms with E-state index in [0.717, 1.165) is 25.2 Å². The standard InChI is InChI=1S/C16H24O2/c1-4-12(11-16-15(5-2)18-16)13-7-9-14(10-8-13)17-6-3/h7-10,12,15-16H,4-6,11H2,1-3H3. The van der Waals surface area contributed by atoms with E-state index in [1.54, 1.807) is 0 Å². The number of epoxide rings is 1. The van der Waals surface area contributed by atoms with Crippen LogP contribution in [0.25, 0.3) is 0 Å². The van der Waals surface area contributed by atoms with Crippen LogP contribution < -0.4 is 4.74 Å². The Kier molecular flexibility index (Phi) is 4.65. The summed E-state index contributed by atoms with van der Waals surface area (Å²) < 4.78 is 11.1. The molecule has 0 radical (unpaired) electrons. The molecule has 0 saturated carbocycles. The Hall–Kier alpha value is -1.02. The fourth-order valence-electron chi connectivity index (χ4n) is 2.57. The third-order valence-corrected chi connectivity index (χ3v) is 3.76. The van der Waals surface area contributed by atoms with Crippen LogP contribution in [-0.2, 0) is 4.74 Å². The van der Waals surface area contributed by atoms with E-state index in [1.807, 2.05) is 6.92 Å². The van der Waals surface area contributed by atoms with Gasteiger partial charge in [-0.25, -0.2) is 0 Å². The summed E-state index contributed by atoms with van der Waals surface area (Å²) in [6.45, 7) is 7.19. The molecule has 0 aliphatic carbocycles. The van der Waals surface area contributed by atoms with Crippen molar-refractivity contribution in [1.82, 2.24) is 0 Å². The Morgan fingerprint density at radius 1 is 1.11 bits per heavy atom. The van der Waals surface area contributed by atoms with E-state index in [9.17, 15) is 0 Å². The Bertz CT molecular complexity index is 358. The third-order valence-electron chi connectivity index (χ3n) is 3.76. The van der Waals surface area contributed by atoms with Crippen LogP contribution in [0.1, 0.15) is 51.5 Å². The van der Waals surface area contributed by atoms with Gasteiger partial charge in [-0.2, -0.15) is 0 Å². The summed E-state index contributed by atoms with van der Waals surface area (Å²) in [6.07, 6.45) is 4.48. The molecule has 0 spiro atoms. The Morgan fingerprint density at radius 3 is 2.33 bits per heavy atom. The molecule has 3 unspecified atom stereocenters. The zero-order valence-electron chi connectivity index (χ0n) is 11.7. The minimum absolute atomic E-state index is 0.492. The SMILES string of the molecule is CCOc1ccc(C(CC)CC2OC2CC)cc1. The Labute approximate surface area is 110 Å². The maximum atomic E-state index is 5.66. The highest BCUT2D eigenvalue weighted by Gasteiger charge is 2.38. The number of rotatable bonds is 7. The van der Waals surface area contributed by atoms with Crippen molar-refractivity contribution in [1.29, 1.82) is 0 Å². The maximum absolute atomic E-state index is 5.66. The zero-order valence-corrected chi connectivity index (χ0v) is 11.7. The van der Waals surface area contributed by atoms with E-state index in [2.05, 4.69) is 38.1 Å². The number of hydrogen-bond donors (Lipinski definition) is 0. The molecule has 1 aliphatic rings. The lowest BCUT2D eigenvalue weighted by atomic mass is 9.91. The molecule has 1 saturated heterocycles. The van der Waals surface area contributed by atoms with E-state index in [1.165, 1.54) is 12.0 Å². The summed E-state index contributed by atoms with van der Waals surface area (Å²) in [5.41, 5.74) is 1.41. The molecule has 1 aromatic rings.